The summed E-state index contributed by atoms with van der Waals surface area (Å²) in [6.07, 6.45) is -0.0572. The summed E-state index contributed by atoms with van der Waals surface area (Å²) < 4.78 is 5.90. The Morgan fingerprint density at radius 2 is 1.94 bits per heavy atom. The lowest BCUT2D eigenvalue weighted by atomic mass is 10.0. The highest BCUT2D eigenvalue weighted by Crippen LogP contribution is 2.19. The molecule has 5 heteroatoms. The Bertz CT molecular complexity index is 474. The largest absolute Gasteiger partial charge is 0.478 e. The van der Waals surface area contributed by atoms with Crippen molar-refractivity contribution >= 4 is 27.9 Å². The van der Waals surface area contributed by atoms with Crippen LogP contribution in [0.3, 0.4) is 0 Å². The van der Waals surface area contributed by atoms with Crippen LogP contribution in [0.1, 0.15) is 36.7 Å². The minimum absolute atomic E-state index is 0.0572. The molecule has 0 spiro atoms. The van der Waals surface area contributed by atoms with Gasteiger partial charge in [-0.1, -0.05) is 15.9 Å². The van der Waals surface area contributed by atoms with Crippen molar-refractivity contribution < 1.29 is 19.4 Å². The number of carbonyl (C=O) groups is 2. The van der Waals surface area contributed by atoms with Crippen LogP contribution in [0.2, 0.25) is 0 Å². The van der Waals surface area contributed by atoms with E-state index in [1.165, 1.54) is 6.07 Å². The SMILES string of the molecule is CC(C)(C)OC(=O)Cc1cc(Br)ccc1C(=O)O. The first-order valence-corrected chi connectivity index (χ1v) is 6.22. The van der Waals surface area contributed by atoms with Crippen molar-refractivity contribution in [2.45, 2.75) is 32.8 Å². The van der Waals surface area contributed by atoms with Crippen molar-refractivity contribution in [3.63, 3.8) is 0 Å². The highest BCUT2D eigenvalue weighted by Gasteiger charge is 2.19. The van der Waals surface area contributed by atoms with E-state index in [9.17, 15) is 9.59 Å². The predicted molar refractivity (Wildman–Crippen MR) is 70.7 cm³/mol. The smallest absolute Gasteiger partial charge is 0.335 e. The molecule has 0 bridgehead atoms. The second-order valence-corrected chi connectivity index (χ2v) is 5.79. The third-order valence-corrected chi connectivity index (χ3v) is 2.55. The molecule has 0 saturated carbocycles. The Morgan fingerprint density at radius 3 is 2.44 bits per heavy atom. The van der Waals surface area contributed by atoms with E-state index in [0.29, 0.717) is 5.56 Å². The van der Waals surface area contributed by atoms with Gasteiger partial charge in [-0.15, -0.1) is 0 Å². The summed E-state index contributed by atoms with van der Waals surface area (Å²) in [5.41, 5.74) is -0.0258. The molecule has 0 radical (unpaired) electrons. The summed E-state index contributed by atoms with van der Waals surface area (Å²) in [6.45, 7) is 5.30. The average Bonchev–Trinajstić information content (AvgIpc) is 2.13. The molecule has 1 rings (SSSR count). The number of esters is 1. The zero-order valence-corrected chi connectivity index (χ0v) is 12.1. The number of carboxylic acids is 1. The number of benzene rings is 1. The lowest BCUT2D eigenvalue weighted by Crippen LogP contribution is -2.25. The van der Waals surface area contributed by atoms with Crippen molar-refractivity contribution in [2.24, 2.45) is 0 Å². The first kappa shape index (κ1) is 14.7. The summed E-state index contributed by atoms with van der Waals surface area (Å²) >= 11 is 3.25. The predicted octanol–water partition coefficient (Wildman–Crippen LogP) is 3.03. The van der Waals surface area contributed by atoms with E-state index in [4.69, 9.17) is 9.84 Å². The Labute approximate surface area is 114 Å². The van der Waals surface area contributed by atoms with Gasteiger partial charge in [0.05, 0.1) is 12.0 Å². The molecule has 18 heavy (non-hydrogen) atoms. The van der Waals surface area contributed by atoms with Gasteiger partial charge in [0, 0.05) is 4.47 Å². The second-order valence-electron chi connectivity index (χ2n) is 4.87. The number of halogens is 1. The zero-order chi connectivity index (χ0) is 13.9. The van der Waals surface area contributed by atoms with Gasteiger partial charge in [0.1, 0.15) is 5.60 Å². The number of hydrogen-bond acceptors (Lipinski definition) is 3. The average molecular weight is 315 g/mol. The molecule has 0 aliphatic rings. The van der Waals surface area contributed by atoms with Gasteiger partial charge >= 0.3 is 11.9 Å². The minimum Gasteiger partial charge on any atom is -0.478 e. The maximum absolute atomic E-state index is 11.7. The molecular formula is C13H15BrO4. The van der Waals surface area contributed by atoms with E-state index in [2.05, 4.69) is 15.9 Å². The van der Waals surface area contributed by atoms with Gasteiger partial charge < -0.3 is 9.84 Å². The van der Waals surface area contributed by atoms with Crippen molar-refractivity contribution in [1.29, 1.82) is 0 Å². The lowest BCUT2D eigenvalue weighted by Gasteiger charge is -2.19. The Hall–Kier alpha value is -1.36. The quantitative estimate of drug-likeness (QED) is 0.871. The van der Waals surface area contributed by atoms with Crippen LogP contribution in [0.15, 0.2) is 22.7 Å². The molecule has 1 aromatic carbocycles. The molecule has 0 fully saturated rings. The van der Waals surface area contributed by atoms with Crippen molar-refractivity contribution in [3.8, 4) is 0 Å². The molecule has 1 N–H and O–H groups in total. The Kier molecular flexibility index (Phi) is 4.51. The van der Waals surface area contributed by atoms with E-state index >= 15 is 0 Å². The first-order chi connectivity index (χ1) is 8.19. The molecule has 0 unspecified atom stereocenters. The molecule has 0 atom stereocenters. The minimum atomic E-state index is -1.05. The van der Waals surface area contributed by atoms with E-state index in [-0.39, 0.29) is 12.0 Å². The molecule has 4 nitrogen and oxygen atoms in total. The second kappa shape index (κ2) is 5.52. The van der Waals surface area contributed by atoms with E-state index in [0.717, 1.165) is 4.47 Å². The van der Waals surface area contributed by atoms with Gasteiger partial charge in [-0.25, -0.2) is 4.79 Å². The summed E-state index contributed by atoms with van der Waals surface area (Å²) in [5.74, 6) is -1.50. The fraction of sp³-hybridized carbons (Fsp3) is 0.385. The summed E-state index contributed by atoms with van der Waals surface area (Å²) in [6, 6.07) is 4.71. The topological polar surface area (TPSA) is 63.6 Å². The number of carbonyl (C=O) groups excluding carboxylic acids is 1. The maximum atomic E-state index is 11.7. The molecule has 1 aromatic rings. The first-order valence-electron chi connectivity index (χ1n) is 5.42. The van der Waals surface area contributed by atoms with Crippen LogP contribution in [0, 0.1) is 0 Å². The Balaban J connectivity index is 2.93. The monoisotopic (exact) mass is 314 g/mol. The van der Waals surface area contributed by atoms with Gasteiger partial charge in [0.15, 0.2) is 0 Å². The van der Waals surface area contributed by atoms with Gasteiger partial charge in [-0.2, -0.15) is 0 Å². The normalized spacial score (nSPS) is 11.1. The molecular weight excluding hydrogens is 300 g/mol. The van der Waals surface area contributed by atoms with Crippen LogP contribution in [-0.2, 0) is 16.0 Å². The third kappa shape index (κ3) is 4.49. The third-order valence-electron chi connectivity index (χ3n) is 2.05. The fourth-order valence-electron chi connectivity index (χ4n) is 1.45. The van der Waals surface area contributed by atoms with Crippen LogP contribution >= 0.6 is 15.9 Å². The van der Waals surface area contributed by atoms with Gasteiger partial charge in [-0.05, 0) is 44.5 Å². The van der Waals surface area contributed by atoms with Crippen LogP contribution in [-0.4, -0.2) is 22.6 Å². The van der Waals surface area contributed by atoms with Gasteiger partial charge in [0.25, 0.3) is 0 Å². The fourth-order valence-corrected chi connectivity index (χ4v) is 1.86. The molecule has 0 amide bonds. The van der Waals surface area contributed by atoms with Crippen LogP contribution < -0.4 is 0 Å². The molecule has 0 aliphatic carbocycles. The van der Waals surface area contributed by atoms with Crippen LogP contribution in [0.4, 0.5) is 0 Å². The molecule has 98 valence electrons. The number of rotatable bonds is 3. The number of carboxylic acid groups (broad SMARTS) is 1. The van der Waals surface area contributed by atoms with Crippen molar-refractivity contribution in [2.75, 3.05) is 0 Å². The molecule has 0 saturated heterocycles. The number of hydrogen-bond donors (Lipinski definition) is 1. The van der Waals surface area contributed by atoms with E-state index in [1.807, 2.05) is 0 Å². The summed E-state index contributed by atoms with van der Waals surface area (Å²) in [7, 11) is 0. The Morgan fingerprint density at radius 1 is 1.33 bits per heavy atom. The van der Waals surface area contributed by atoms with Crippen LogP contribution in [0.25, 0.3) is 0 Å². The van der Waals surface area contributed by atoms with E-state index < -0.39 is 17.5 Å². The van der Waals surface area contributed by atoms with Crippen molar-refractivity contribution in [1.82, 2.24) is 0 Å². The van der Waals surface area contributed by atoms with E-state index in [1.54, 1.807) is 32.9 Å². The van der Waals surface area contributed by atoms with Crippen LogP contribution in [0.5, 0.6) is 0 Å². The highest BCUT2D eigenvalue weighted by atomic mass is 79.9. The molecule has 0 aromatic heterocycles. The van der Waals surface area contributed by atoms with Gasteiger partial charge in [0.2, 0.25) is 0 Å². The maximum Gasteiger partial charge on any atom is 0.335 e. The highest BCUT2D eigenvalue weighted by molar-refractivity contribution is 9.10. The lowest BCUT2D eigenvalue weighted by molar-refractivity contribution is -0.153. The number of ether oxygens (including phenoxy) is 1. The summed E-state index contributed by atoms with van der Waals surface area (Å²) in [4.78, 5) is 22.7. The van der Waals surface area contributed by atoms with Crippen molar-refractivity contribution in [3.05, 3.63) is 33.8 Å². The number of aromatic carboxylic acids is 1. The molecule has 0 heterocycles. The molecule has 0 aliphatic heterocycles. The zero-order valence-electron chi connectivity index (χ0n) is 10.5. The summed E-state index contributed by atoms with van der Waals surface area (Å²) in [5, 5.41) is 9.03. The standard InChI is InChI=1S/C13H15BrO4/c1-13(2,3)18-11(15)7-8-6-9(14)4-5-10(8)12(16)17/h4-6H,7H2,1-3H3,(H,16,17). The van der Waals surface area contributed by atoms with Gasteiger partial charge in [-0.3, -0.25) is 4.79 Å².